The zero-order valence-electron chi connectivity index (χ0n) is 10.4. The molecule has 3 N–H and O–H groups in total. The van der Waals surface area contributed by atoms with Gasteiger partial charge in [0.05, 0.1) is 0 Å². The van der Waals surface area contributed by atoms with E-state index in [-0.39, 0.29) is 24.6 Å². The Kier molecular flexibility index (Phi) is 3.99. The van der Waals surface area contributed by atoms with E-state index in [0.29, 0.717) is 6.42 Å². The molecule has 0 unspecified atom stereocenters. The summed E-state index contributed by atoms with van der Waals surface area (Å²) in [7, 11) is 0. The van der Waals surface area contributed by atoms with E-state index < -0.39 is 24.1 Å². The summed E-state index contributed by atoms with van der Waals surface area (Å²) in [4.78, 5) is 3.97. The first-order valence-corrected chi connectivity index (χ1v) is 6.05. The molecule has 0 aliphatic carbocycles. The molecule has 1 aliphatic rings. The summed E-state index contributed by atoms with van der Waals surface area (Å²) in [5, 5.41) is 8.94. The third kappa shape index (κ3) is 2.68. The van der Waals surface area contributed by atoms with Gasteiger partial charge in [0, 0.05) is 25.0 Å². The number of ether oxygens (including phenoxy) is 1. The first kappa shape index (κ1) is 13.7. The maximum absolute atomic E-state index is 13.9. The summed E-state index contributed by atoms with van der Waals surface area (Å²) in [6.07, 6.45) is -0.0316. The van der Waals surface area contributed by atoms with Gasteiger partial charge in [-0.1, -0.05) is 18.2 Å². The number of rotatable bonds is 4. The van der Waals surface area contributed by atoms with Crippen molar-refractivity contribution in [3.8, 4) is 0 Å². The largest absolute Gasteiger partial charge is 0.462 e. The predicted molar refractivity (Wildman–Crippen MR) is 66.9 cm³/mol. The Morgan fingerprint density at radius 3 is 2.84 bits per heavy atom. The molecular weight excluding hydrogens is 254 g/mol. The van der Waals surface area contributed by atoms with Gasteiger partial charge in [-0.15, -0.1) is 0 Å². The highest BCUT2D eigenvalue weighted by molar-refractivity contribution is 5.73. The molecule has 0 amide bonds. The molecule has 1 aliphatic heterocycles. The number of hydrogen-bond acceptors (Lipinski definition) is 4. The van der Waals surface area contributed by atoms with Gasteiger partial charge in [-0.25, -0.2) is 13.8 Å². The van der Waals surface area contributed by atoms with Gasteiger partial charge in [0.2, 0.25) is 0 Å². The molecule has 6 heteroatoms. The van der Waals surface area contributed by atoms with Crippen LogP contribution in [0.5, 0.6) is 0 Å². The normalized spacial score (nSPS) is 26.7. The average Bonchev–Trinajstić information content (AvgIpc) is 2.38. The minimum atomic E-state index is -1.37. The SMILES string of the molecule is NC1=N[C@](CF)(c2ccccc2F)C[C@@H](CCO)O1. The summed E-state index contributed by atoms with van der Waals surface area (Å²) < 4.78 is 32.6. The van der Waals surface area contributed by atoms with Crippen LogP contribution in [0.25, 0.3) is 0 Å². The van der Waals surface area contributed by atoms with Crippen molar-refractivity contribution >= 4 is 6.02 Å². The number of nitrogens with two attached hydrogens (primary N) is 1. The molecule has 4 nitrogen and oxygen atoms in total. The molecule has 1 aromatic rings. The molecule has 1 heterocycles. The predicted octanol–water partition coefficient (Wildman–Crippen LogP) is 1.48. The van der Waals surface area contributed by atoms with Gasteiger partial charge in [0.1, 0.15) is 24.1 Å². The maximum Gasteiger partial charge on any atom is 0.283 e. The lowest BCUT2D eigenvalue weighted by molar-refractivity contribution is 0.0766. The van der Waals surface area contributed by atoms with Crippen LogP contribution in [0, 0.1) is 5.82 Å². The van der Waals surface area contributed by atoms with E-state index in [4.69, 9.17) is 15.6 Å². The van der Waals surface area contributed by atoms with Gasteiger partial charge < -0.3 is 15.6 Å². The fourth-order valence-corrected chi connectivity index (χ4v) is 2.34. The number of aliphatic imine (C=N–C) groups is 1. The molecule has 0 saturated heterocycles. The molecule has 2 atom stereocenters. The molecule has 1 aromatic carbocycles. The average molecular weight is 270 g/mol. The van der Waals surface area contributed by atoms with E-state index >= 15 is 0 Å². The molecule has 0 saturated carbocycles. The fraction of sp³-hybridized carbons (Fsp3) is 0.462. The van der Waals surface area contributed by atoms with E-state index in [1.165, 1.54) is 18.2 Å². The van der Waals surface area contributed by atoms with Crippen LogP contribution in [0.1, 0.15) is 18.4 Å². The van der Waals surface area contributed by atoms with Crippen LogP contribution in [-0.4, -0.2) is 30.5 Å². The highest BCUT2D eigenvalue weighted by atomic mass is 19.1. The molecule has 0 bridgehead atoms. The molecule has 0 spiro atoms. The Morgan fingerprint density at radius 2 is 2.21 bits per heavy atom. The van der Waals surface area contributed by atoms with Gasteiger partial charge >= 0.3 is 0 Å². The second-order valence-corrected chi connectivity index (χ2v) is 4.55. The fourth-order valence-electron chi connectivity index (χ4n) is 2.34. The lowest BCUT2D eigenvalue weighted by Gasteiger charge is -2.35. The molecule has 0 radical (unpaired) electrons. The lowest BCUT2D eigenvalue weighted by Crippen LogP contribution is -2.43. The van der Waals surface area contributed by atoms with E-state index in [0.717, 1.165) is 0 Å². The summed E-state index contributed by atoms with van der Waals surface area (Å²) in [5.74, 6) is -0.527. The molecule has 0 fully saturated rings. The molecule has 2 rings (SSSR count). The molecule has 104 valence electrons. The van der Waals surface area contributed by atoms with Crippen LogP contribution in [-0.2, 0) is 10.3 Å². The van der Waals surface area contributed by atoms with Crippen molar-refractivity contribution in [1.29, 1.82) is 0 Å². The van der Waals surface area contributed by atoms with Crippen LogP contribution < -0.4 is 5.73 Å². The van der Waals surface area contributed by atoms with Gasteiger partial charge in [0.25, 0.3) is 6.02 Å². The van der Waals surface area contributed by atoms with Gasteiger partial charge in [-0.05, 0) is 6.07 Å². The van der Waals surface area contributed by atoms with Crippen molar-refractivity contribution in [1.82, 2.24) is 0 Å². The third-order valence-electron chi connectivity index (χ3n) is 3.22. The maximum atomic E-state index is 13.9. The van der Waals surface area contributed by atoms with Crippen molar-refractivity contribution in [2.24, 2.45) is 10.7 Å². The minimum absolute atomic E-state index is 0.114. The van der Waals surface area contributed by atoms with Crippen molar-refractivity contribution in [2.75, 3.05) is 13.3 Å². The van der Waals surface area contributed by atoms with Crippen molar-refractivity contribution in [3.63, 3.8) is 0 Å². The Hall–Kier alpha value is -1.69. The number of amidine groups is 1. The Bertz CT molecular complexity index is 481. The van der Waals surface area contributed by atoms with Crippen LogP contribution >= 0.6 is 0 Å². The molecular formula is C13H16F2N2O2. The van der Waals surface area contributed by atoms with Gasteiger partial charge in [-0.2, -0.15) is 0 Å². The zero-order chi connectivity index (χ0) is 13.9. The van der Waals surface area contributed by atoms with Gasteiger partial charge in [0.15, 0.2) is 0 Å². The van der Waals surface area contributed by atoms with Crippen molar-refractivity contribution in [3.05, 3.63) is 35.6 Å². The summed E-state index contributed by atoms with van der Waals surface area (Å²) >= 11 is 0. The number of hydrogen-bond donors (Lipinski definition) is 2. The quantitative estimate of drug-likeness (QED) is 0.870. The third-order valence-corrected chi connectivity index (χ3v) is 3.22. The van der Waals surface area contributed by atoms with Crippen LogP contribution in [0.4, 0.5) is 8.78 Å². The van der Waals surface area contributed by atoms with Crippen molar-refractivity contribution < 1.29 is 18.6 Å². The lowest BCUT2D eigenvalue weighted by atomic mass is 9.84. The van der Waals surface area contributed by atoms with E-state index in [9.17, 15) is 8.78 Å². The highest BCUT2D eigenvalue weighted by Crippen LogP contribution is 2.37. The van der Waals surface area contributed by atoms with E-state index in [2.05, 4.69) is 4.99 Å². The van der Waals surface area contributed by atoms with E-state index in [1.807, 2.05) is 0 Å². The van der Waals surface area contributed by atoms with Crippen LogP contribution in [0.2, 0.25) is 0 Å². The smallest absolute Gasteiger partial charge is 0.283 e. The first-order chi connectivity index (χ1) is 9.11. The number of aliphatic hydroxyl groups is 1. The number of halogens is 2. The summed E-state index contributed by atoms with van der Waals surface area (Å²) in [5.41, 5.74) is 4.34. The Balaban J connectivity index is 2.42. The minimum Gasteiger partial charge on any atom is -0.462 e. The van der Waals surface area contributed by atoms with Gasteiger partial charge in [-0.3, -0.25) is 0 Å². The first-order valence-electron chi connectivity index (χ1n) is 6.05. The topological polar surface area (TPSA) is 67.8 Å². The number of benzene rings is 1. The summed E-state index contributed by atoms with van der Waals surface area (Å²) in [6, 6.07) is 5.73. The molecule has 0 aromatic heterocycles. The highest BCUT2D eigenvalue weighted by Gasteiger charge is 2.41. The Labute approximate surface area is 109 Å². The second kappa shape index (κ2) is 5.52. The number of nitrogens with zero attached hydrogens (tertiary/aromatic N) is 1. The standard InChI is InChI=1S/C13H16F2N2O2/c14-8-13(10-3-1-2-4-11(10)15)7-9(5-6-18)19-12(16)17-13/h1-4,9,18H,5-8H2,(H2,16,17)/t9-,13-/m1/s1. The van der Waals surface area contributed by atoms with Crippen LogP contribution in [0.15, 0.2) is 29.3 Å². The van der Waals surface area contributed by atoms with E-state index in [1.54, 1.807) is 6.07 Å². The van der Waals surface area contributed by atoms with Crippen LogP contribution in [0.3, 0.4) is 0 Å². The van der Waals surface area contributed by atoms with Crippen molar-refractivity contribution in [2.45, 2.75) is 24.5 Å². The number of aliphatic hydroxyl groups excluding tert-OH is 1. The second-order valence-electron chi connectivity index (χ2n) is 4.55. The summed E-state index contributed by atoms with van der Waals surface area (Å²) in [6.45, 7) is -0.989. The Morgan fingerprint density at radius 1 is 1.47 bits per heavy atom. The zero-order valence-corrected chi connectivity index (χ0v) is 10.4. The number of alkyl halides is 1. The molecule has 19 heavy (non-hydrogen) atoms. The monoisotopic (exact) mass is 270 g/mol.